The van der Waals surface area contributed by atoms with Crippen LogP contribution in [0.4, 0.5) is 0 Å². The fourth-order valence-electron chi connectivity index (χ4n) is 0.257. The minimum atomic E-state index is -0.756. The molecule has 0 amide bonds. The van der Waals surface area contributed by atoms with E-state index in [1.54, 1.807) is 0 Å². The number of hydrogen-bond acceptors (Lipinski definition) is 4. The number of allylic oxidation sites excluding steroid dienone is 1. The normalized spacial score (nSPS) is 13.0. The van der Waals surface area contributed by atoms with E-state index in [9.17, 15) is 9.59 Å². The van der Waals surface area contributed by atoms with Gasteiger partial charge in [-0.2, -0.15) is 5.88 Å². The SMILES string of the molecule is [2H]N([2H])OC(=O)CC=CC=O. The van der Waals surface area contributed by atoms with E-state index < -0.39 is 5.97 Å². The molecule has 0 fully saturated rings. The smallest absolute Gasteiger partial charge is 0.328 e. The van der Waals surface area contributed by atoms with Crippen LogP contribution in [0.15, 0.2) is 12.2 Å². The molecule has 50 valence electrons. The molecule has 0 aromatic heterocycles. The zero-order valence-electron chi connectivity index (χ0n) is 6.61. The quantitative estimate of drug-likeness (QED) is 0.318. The maximum atomic E-state index is 10.5. The van der Waals surface area contributed by atoms with Gasteiger partial charge >= 0.3 is 5.97 Å². The van der Waals surface area contributed by atoms with E-state index in [0.717, 1.165) is 6.08 Å². The summed E-state index contributed by atoms with van der Waals surface area (Å²) >= 11 is 0. The summed E-state index contributed by atoms with van der Waals surface area (Å²) in [6, 6.07) is 0. The number of carbonyl (C=O) groups is 2. The van der Waals surface area contributed by atoms with Gasteiger partial charge in [-0.05, 0) is 6.08 Å². The highest BCUT2D eigenvalue weighted by atomic mass is 16.7. The molecule has 4 heteroatoms. The minimum Gasteiger partial charge on any atom is -0.373 e. The van der Waals surface area contributed by atoms with Crippen LogP contribution >= 0.6 is 0 Å². The summed E-state index contributed by atoms with van der Waals surface area (Å²) in [6.07, 6.45) is 2.82. The van der Waals surface area contributed by atoms with Gasteiger partial charge in [-0.3, -0.25) is 9.59 Å². The van der Waals surface area contributed by atoms with Gasteiger partial charge in [-0.15, -0.1) is 0 Å². The largest absolute Gasteiger partial charge is 0.373 e. The van der Waals surface area contributed by atoms with Gasteiger partial charge in [0.2, 0.25) is 0 Å². The van der Waals surface area contributed by atoms with Crippen molar-refractivity contribution in [1.29, 1.82) is 0 Å². The molecule has 0 rings (SSSR count). The van der Waals surface area contributed by atoms with Crippen LogP contribution in [-0.2, 0) is 14.4 Å². The Morgan fingerprint density at radius 2 is 2.67 bits per heavy atom. The molecule has 0 atom stereocenters. The van der Waals surface area contributed by atoms with Crippen LogP contribution in [0.2, 0.25) is 2.82 Å². The van der Waals surface area contributed by atoms with Crippen LogP contribution < -0.4 is 5.88 Å². The van der Waals surface area contributed by atoms with Crippen LogP contribution in [0.25, 0.3) is 0 Å². The lowest BCUT2D eigenvalue weighted by Gasteiger charge is -1.88. The van der Waals surface area contributed by atoms with Gasteiger partial charge in [0.05, 0.1) is 6.42 Å². The number of aldehydes is 1. The van der Waals surface area contributed by atoms with Gasteiger partial charge in [0.1, 0.15) is 6.29 Å². The maximum absolute atomic E-state index is 10.5. The number of hydrogen-bond donors (Lipinski definition) is 1. The zero-order chi connectivity index (χ0) is 8.69. The van der Waals surface area contributed by atoms with E-state index in [-0.39, 0.29) is 12.3 Å². The predicted molar refractivity (Wildman–Crippen MR) is 30.1 cm³/mol. The molecule has 0 unspecified atom stereocenters. The van der Waals surface area contributed by atoms with Gasteiger partial charge in [0, 0.05) is 0 Å². The molecule has 0 aromatic carbocycles. The van der Waals surface area contributed by atoms with Crippen LogP contribution in [0, 0.1) is 0 Å². The minimum absolute atomic E-state index is 0.118. The fourth-order valence-corrected chi connectivity index (χ4v) is 0.257. The third-order valence-corrected chi connectivity index (χ3v) is 0.601. The molecule has 4 nitrogen and oxygen atoms in total. The van der Waals surface area contributed by atoms with Gasteiger partial charge in [-0.25, -0.2) is 0 Å². The zero-order valence-corrected chi connectivity index (χ0v) is 4.61. The van der Waals surface area contributed by atoms with Gasteiger partial charge in [0.15, 0.2) is 2.82 Å². The lowest BCUT2D eigenvalue weighted by atomic mass is 10.4. The standard InChI is InChI=1S/C5H7NO3/c6-9-5(8)3-1-2-4-7/h1-2,4H,3,6H2/i6D2. The highest BCUT2D eigenvalue weighted by molar-refractivity contribution is 5.73. The summed E-state index contributed by atoms with van der Waals surface area (Å²) in [5, 5.41) is 0. The first-order chi connectivity index (χ1) is 5.16. The van der Waals surface area contributed by atoms with Crippen LogP contribution in [-0.4, -0.2) is 12.3 Å². The summed E-state index contributed by atoms with van der Waals surface area (Å²) in [6.45, 7) is 0. The Hall–Kier alpha value is -1.16. The summed E-state index contributed by atoms with van der Waals surface area (Å²) < 4.78 is 12.7. The summed E-state index contributed by atoms with van der Waals surface area (Å²) in [4.78, 5) is 24.1. The third-order valence-electron chi connectivity index (χ3n) is 0.601. The molecule has 0 aliphatic carbocycles. The highest BCUT2D eigenvalue weighted by Gasteiger charge is 1.92. The average Bonchev–Trinajstić information content (AvgIpc) is 1.86. The van der Waals surface area contributed by atoms with Gasteiger partial charge < -0.3 is 4.84 Å². The molecular weight excluding hydrogens is 122 g/mol. The van der Waals surface area contributed by atoms with Crippen molar-refractivity contribution in [3.63, 3.8) is 0 Å². The Morgan fingerprint density at radius 1 is 1.89 bits per heavy atom. The van der Waals surface area contributed by atoms with Crippen molar-refractivity contribution in [2.45, 2.75) is 6.42 Å². The number of carbonyl (C=O) groups excluding carboxylic acids is 2. The first-order valence-corrected chi connectivity index (χ1v) is 2.25. The van der Waals surface area contributed by atoms with Crippen molar-refractivity contribution < 1.29 is 17.3 Å². The van der Waals surface area contributed by atoms with Crippen molar-refractivity contribution in [2.24, 2.45) is 5.88 Å². The van der Waals surface area contributed by atoms with E-state index in [1.165, 1.54) is 6.08 Å². The Bertz CT molecular complexity index is 169. The van der Waals surface area contributed by atoms with E-state index in [1.807, 2.05) is 0 Å². The van der Waals surface area contributed by atoms with E-state index in [0.29, 0.717) is 6.29 Å². The predicted octanol–water partition coefficient (Wildman–Crippen LogP) is -0.452. The average molecular weight is 131 g/mol. The summed E-state index contributed by atoms with van der Waals surface area (Å²) in [7, 11) is 0. The Kier molecular flexibility index (Phi) is 2.60. The highest BCUT2D eigenvalue weighted by Crippen LogP contribution is 1.82. The molecule has 9 heavy (non-hydrogen) atoms. The fraction of sp³-hybridized carbons (Fsp3) is 0.200. The molecule has 0 bridgehead atoms. The Morgan fingerprint density at radius 3 is 3.22 bits per heavy atom. The Labute approximate surface area is 55.2 Å². The Balaban J connectivity index is 3.53. The van der Waals surface area contributed by atoms with Gasteiger partial charge in [0.25, 0.3) is 0 Å². The molecule has 0 spiro atoms. The van der Waals surface area contributed by atoms with Crippen LogP contribution in [0.3, 0.4) is 0 Å². The third kappa shape index (κ3) is 4.70. The second-order valence-electron chi connectivity index (χ2n) is 1.23. The van der Waals surface area contributed by atoms with E-state index in [4.69, 9.17) is 2.82 Å². The maximum Gasteiger partial charge on any atom is 0.328 e. The second kappa shape index (κ2) is 4.99. The molecule has 0 saturated carbocycles. The molecule has 0 aliphatic rings. The first-order valence-electron chi connectivity index (χ1n) is 3.15. The van der Waals surface area contributed by atoms with Crippen molar-refractivity contribution in [1.82, 2.24) is 0 Å². The summed E-state index contributed by atoms with van der Waals surface area (Å²) in [5.41, 5.74) is 0. The lowest BCUT2D eigenvalue weighted by Crippen LogP contribution is -2.07. The second-order valence-corrected chi connectivity index (χ2v) is 1.23. The van der Waals surface area contributed by atoms with Crippen LogP contribution in [0.5, 0.6) is 0 Å². The van der Waals surface area contributed by atoms with Crippen molar-refractivity contribution in [3.05, 3.63) is 12.2 Å². The van der Waals surface area contributed by atoms with E-state index in [2.05, 4.69) is 4.84 Å². The molecule has 0 aromatic rings. The van der Waals surface area contributed by atoms with E-state index >= 15 is 0 Å². The molecule has 0 aliphatic heterocycles. The topological polar surface area (TPSA) is 69.4 Å². The monoisotopic (exact) mass is 131 g/mol. The van der Waals surface area contributed by atoms with Gasteiger partial charge in [-0.1, -0.05) is 6.08 Å². The first kappa shape index (κ1) is 4.69. The van der Waals surface area contributed by atoms with Crippen LogP contribution in [0.1, 0.15) is 6.42 Å². The number of rotatable bonds is 4. The van der Waals surface area contributed by atoms with Crippen molar-refractivity contribution >= 4 is 12.3 Å². The lowest BCUT2D eigenvalue weighted by molar-refractivity contribution is -0.143. The number of nitrogens with two attached hydrogens (primary N) is 1. The molecule has 0 saturated heterocycles. The molecule has 0 radical (unpaired) electrons. The molecular formula is C5H7NO3. The molecule has 0 heterocycles. The van der Waals surface area contributed by atoms with Crippen molar-refractivity contribution in [3.8, 4) is 0 Å². The summed E-state index contributed by atoms with van der Waals surface area (Å²) in [5.74, 6) is -0.954. The van der Waals surface area contributed by atoms with Crippen molar-refractivity contribution in [2.75, 3.05) is 0 Å². The molecule has 2 N–H and O–H groups in total.